The van der Waals surface area contributed by atoms with Crippen molar-refractivity contribution in [3.05, 3.63) is 16.3 Å². The van der Waals surface area contributed by atoms with Crippen molar-refractivity contribution in [1.29, 1.82) is 0 Å². The molecule has 1 aromatic rings. The Kier molecular flexibility index (Phi) is 2.77. The number of hydrogen-bond acceptors (Lipinski definition) is 7. The highest BCUT2D eigenvalue weighted by Gasteiger charge is 2.16. The van der Waals surface area contributed by atoms with Crippen LogP contribution in [0.1, 0.15) is 0 Å². The van der Waals surface area contributed by atoms with Gasteiger partial charge in [0.15, 0.2) is 0 Å². The molecule has 0 amide bonds. The van der Waals surface area contributed by atoms with Gasteiger partial charge in [-0.2, -0.15) is 4.98 Å². The summed E-state index contributed by atoms with van der Waals surface area (Å²) in [5, 5.41) is 10.5. The number of rotatable bonds is 3. The molecule has 1 aromatic heterocycles. The summed E-state index contributed by atoms with van der Waals surface area (Å²) < 4.78 is 0. The molecule has 0 bridgehead atoms. The van der Waals surface area contributed by atoms with Crippen LogP contribution in [0.15, 0.2) is 6.20 Å². The fourth-order valence-corrected chi connectivity index (χ4v) is 0.821. The lowest BCUT2D eigenvalue weighted by atomic mass is 10.5. The van der Waals surface area contributed by atoms with E-state index in [4.69, 9.17) is 5.84 Å². The minimum absolute atomic E-state index is 0.00583. The Morgan fingerprint density at radius 2 is 2.29 bits per heavy atom. The van der Waals surface area contributed by atoms with Gasteiger partial charge in [0.05, 0.1) is 4.92 Å². The molecule has 8 heteroatoms. The molecule has 1 heterocycles. The lowest BCUT2D eigenvalue weighted by Gasteiger charge is -2.10. The SMILES string of the molecule is CN(C)c1ncc([N+](=O)[O-])c(NN)n1. The van der Waals surface area contributed by atoms with Crippen LogP contribution in [-0.2, 0) is 0 Å². The number of nitrogen functional groups attached to an aromatic ring is 1. The normalized spacial score (nSPS) is 9.64. The topological polar surface area (TPSA) is 110 Å². The zero-order valence-corrected chi connectivity index (χ0v) is 7.76. The Morgan fingerprint density at radius 3 is 2.71 bits per heavy atom. The van der Waals surface area contributed by atoms with E-state index in [0.717, 1.165) is 6.20 Å². The minimum atomic E-state index is -0.603. The molecule has 0 radical (unpaired) electrons. The number of nitrogens with one attached hydrogen (secondary N) is 1. The maximum absolute atomic E-state index is 10.5. The smallest absolute Gasteiger partial charge is 0.330 e. The number of hydrazine groups is 1. The quantitative estimate of drug-likeness (QED) is 0.391. The van der Waals surface area contributed by atoms with Crippen LogP contribution in [0.2, 0.25) is 0 Å². The molecule has 0 fully saturated rings. The average molecular weight is 198 g/mol. The molecule has 0 saturated heterocycles. The van der Waals surface area contributed by atoms with Crippen molar-refractivity contribution in [1.82, 2.24) is 9.97 Å². The number of nitrogens with two attached hydrogens (primary N) is 1. The Morgan fingerprint density at radius 1 is 1.64 bits per heavy atom. The second-order valence-electron chi connectivity index (χ2n) is 2.70. The predicted molar refractivity (Wildman–Crippen MR) is 50.8 cm³/mol. The van der Waals surface area contributed by atoms with E-state index in [-0.39, 0.29) is 11.5 Å². The Balaban J connectivity index is 3.18. The molecule has 14 heavy (non-hydrogen) atoms. The summed E-state index contributed by atoms with van der Waals surface area (Å²) in [6.07, 6.45) is 1.11. The third-order valence-corrected chi connectivity index (χ3v) is 1.49. The molecule has 1 rings (SSSR count). The van der Waals surface area contributed by atoms with E-state index >= 15 is 0 Å². The van der Waals surface area contributed by atoms with Crippen molar-refractivity contribution in [2.45, 2.75) is 0 Å². The van der Waals surface area contributed by atoms with Crippen molar-refractivity contribution in [2.24, 2.45) is 5.84 Å². The van der Waals surface area contributed by atoms with Gasteiger partial charge in [0.2, 0.25) is 11.8 Å². The van der Waals surface area contributed by atoms with Crippen LogP contribution >= 0.6 is 0 Å². The zero-order chi connectivity index (χ0) is 10.7. The molecule has 0 atom stereocenters. The highest BCUT2D eigenvalue weighted by molar-refractivity contribution is 5.56. The van der Waals surface area contributed by atoms with Crippen molar-refractivity contribution in [2.75, 3.05) is 24.4 Å². The second-order valence-corrected chi connectivity index (χ2v) is 2.70. The molecule has 0 unspecified atom stereocenters. The highest BCUT2D eigenvalue weighted by Crippen LogP contribution is 2.21. The first-order valence-electron chi connectivity index (χ1n) is 3.71. The largest absolute Gasteiger partial charge is 0.347 e. The van der Waals surface area contributed by atoms with Crippen LogP contribution in [0.5, 0.6) is 0 Å². The average Bonchev–Trinajstić information content (AvgIpc) is 2.16. The van der Waals surface area contributed by atoms with Gasteiger partial charge in [0.1, 0.15) is 6.20 Å². The molecule has 0 aliphatic heterocycles. The Hall–Kier alpha value is -1.96. The van der Waals surface area contributed by atoms with Crippen LogP contribution in [0.4, 0.5) is 17.5 Å². The van der Waals surface area contributed by atoms with Crippen LogP contribution in [0.3, 0.4) is 0 Å². The van der Waals surface area contributed by atoms with Crippen molar-refractivity contribution in [3.63, 3.8) is 0 Å². The van der Waals surface area contributed by atoms with Gasteiger partial charge in [-0.15, -0.1) is 0 Å². The molecule has 0 saturated carbocycles. The molecular weight excluding hydrogens is 188 g/mol. The predicted octanol–water partition coefficient (Wildman–Crippen LogP) is -0.264. The van der Waals surface area contributed by atoms with Gasteiger partial charge >= 0.3 is 5.69 Å². The van der Waals surface area contributed by atoms with E-state index < -0.39 is 4.92 Å². The van der Waals surface area contributed by atoms with Gasteiger partial charge in [0.25, 0.3) is 0 Å². The lowest BCUT2D eigenvalue weighted by Crippen LogP contribution is -2.17. The number of aromatic nitrogens is 2. The maximum atomic E-state index is 10.5. The zero-order valence-electron chi connectivity index (χ0n) is 7.76. The number of hydrogen-bond donors (Lipinski definition) is 2. The van der Waals surface area contributed by atoms with Crippen molar-refractivity contribution in [3.8, 4) is 0 Å². The molecule has 0 aliphatic rings. The third-order valence-electron chi connectivity index (χ3n) is 1.49. The van der Waals surface area contributed by atoms with Gasteiger partial charge in [-0.1, -0.05) is 0 Å². The molecule has 8 nitrogen and oxygen atoms in total. The number of anilines is 2. The standard InChI is InChI=1S/C6H10N6O2/c1-11(2)6-8-3-4(12(13)14)5(9-6)10-7/h3H,7H2,1-2H3,(H,8,9,10). The fraction of sp³-hybridized carbons (Fsp3) is 0.333. The van der Waals surface area contributed by atoms with E-state index in [2.05, 4.69) is 15.4 Å². The summed E-state index contributed by atoms with van der Waals surface area (Å²) in [5.74, 6) is 5.44. The molecule has 76 valence electrons. The van der Waals surface area contributed by atoms with E-state index in [9.17, 15) is 10.1 Å². The van der Waals surface area contributed by atoms with Crippen molar-refractivity contribution >= 4 is 17.5 Å². The molecule has 0 aliphatic carbocycles. The summed E-state index contributed by atoms with van der Waals surface area (Å²) in [6, 6.07) is 0. The van der Waals surface area contributed by atoms with Gasteiger partial charge in [-0.3, -0.25) is 10.1 Å². The number of nitrogens with zero attached hydrogens (tertiary/aromatic N) is 4. The second kappa shape index (κ2) is 3.83. The fourth-order valence-electron chi connectivity index (χ4n) is 0.821. The molecule has 3 N–H and O–H groups in total. The summed E-state index contributed by atoms with van der Waals surface area (Å²) in [5.41, 5.74) is 1.90. The van der Waals surface area contributed by atoms with Crippen LogP contribution in [0.25, 0.3) is 0 Å². The van der Waals surface area contributed by atoms with E-state index in [1.54, 1.807) is 19.0 Å². The maximum Gasteiger partial charge on any atom is 0.330 e. The van der Waals surface area contributed by atoms with Gasteiger partial charge in [-0.25, -0.2) is 10.8 Å². The minimum Gasteiger partial charge on any atom is -0.347 e. The summed E-state index contributed by atoms with van der Waals surface area (Å²) in [7, 11) is 3.45. The van der Waals surface area contributed by atoms with E-state index in [1.807, 2.05) is 0 Å². The molecular formula is C6H10N6O2. The lowest BCUT2D eigenvalue weighted by molar-refractivity contribution is -0.384. The van der Waals surface area contributed by atoms with Crippen LogP contribution in [-0.4, -0.2) is 29.0 Å². The molecule has 0 aromatic carbocycles. The summed E-state index contributed by atoms with van der Waals surface area (Å²) in [6.45, 7) is 0. The first-order chi connectivity index (χ1) is 6.56. The number of nitro groups is 1. The summed E-state index contributed by atoms with van der Waals surface area (Å²) >= 11 is 0. The summed E-state index contributed by atoms with van der Waals surface area (Å²) in [4.78, 5) is 19.1. The molecule has 0 spiro atoms. The Bertz CT molecular complexity index is 352. The van der Waals surface area contributed by atoms with Crippen molar-refractivity contribution < 1.29 is 4.92 Å². The monoisotopic (exact) mass is 198 g/mol. The first kappa shape index (κ1) is 10.1. The van der Waals surface area contributed by atoms with Crippen LogP contribution < -0.4 is 16.2 Å². The van der Waals surface area contributed by atoms with E-state index in [1.165, 1.54) is 0 Å². The third kappa shape index (κ3) is 1.85. The van der Waals surface area contributed by atoms with E-state index in [0.29, 0.717) is 5.95 Å². The first-order valence-corrected chi connectivity index (χ1v) is 3.71. The highest BCUT2D eigenvalue weighted by atomic mass is 16.6. The van der Waals surface area contributed by atoms with Gasteiger partial charge in [-0.05, 0) is 0 Å². The Labute approximate surface area is 79.9 Å². The van der Waals surface area contributed by atoms with Gasteiger partial charge in [0, 0.05) is 14.1 Å². The van der Waals surface area contributed by atoms with Crippen LogP contribution in [0, 0.1) is 10.1 Å². The van der Waals surface area contributed by atoms with Gasteiger partial charge < -0.3 is 10.3 Å².